The molecule has 4 nitrogen and oxygen atoms in total. The zero-order chi connectivity index (χ0) is 23.4. The van der Waals surface area contributed by atoms with Gasteiger partial charge in [-0.05, 0) is 85.5 Å². The van der Waals surface area contributed by atoms with Crippen molar-refractivity contribution in [3.63, 3.8) is 0 Å². The van der Waals surface area contributed by atoms with E-state index < -0.39 is 5.97 Å². The average molecular weight is 455 g/mol. The van der Waals surface area contributed by atoms with Gasteiger partial charge in [-0.3, -0.25) is 9.59 Å². The first kappa shape index (κ1) is 24.3. The molecule has 2 N–H and O–H groups in total. The third-order valence-corrected chi connectivity index (χ3v) is 9.31. The van der Waals surface area contributed by atoms with Crippen LogP contribution in [0.1, 0.15) is 114 Å². The van der Waals surface area contributed by atoms with Crippen molar-refractivity contribution in [2.24, 2.45) is 23.2 Å². The molecule has 0 radical (unpaired) electrons. The minimum absolute atomic E-state index is 0.103. The number of Topliss-reactive ketones (excluding diaryl/α,β-unsaturated/α-hetero) is 1. The van der Waals surface area contributed by atoms with Gasteiger partial charge in [0.25, 0.3) is 0 Å². The lowest BCUT2D eigenvalue weighted by atomic mass is 9.52. The Balaban J connectivity index is 1.32. The van der Waals surface area contributed by atoms with Crippen LogP contribution in [0, 0.1) is 23.2 Å². The Bertz CT molecular complexity index is 846. The molecule has 2 saturated carbocycles. The summed E-state index contributed by atoms with van der Waals surface area (Å²) in [6, 6.07) is 6.01. The molecule has 0 heterocycles. The number of carbonyl (C=O) groups excluding carboxylic acids is 1. The number of phenols is 1. The Kier molecular flexibility index (Phi) is 7.81. The molecule has 4 rings (SSSR count). The first-order chi connectivity index (χ1) is 15.9. The summed E-state index contributed by atoms with van der Waals surface area (Å²) in [5.41, 5.74) is 2.68. The number of fused-ring (bicyclic) bond motifs is 5. The second-order valence-electron chi connectivity index (χ2n) is 11.3. The number of hydrogen-bond donors (Lipinski definition) is 2. The first-order valence-corrected chi connectivity index (χ1v) is 13.5. The van der Waals surface area contributed by atoms with Crippen LogP contribution in [0.3, 0.4) is 0 Å². The zero-order valence-corrected chi connectivity index (χ0v) is 20.4. The largest absolute Gasteiger partial charge is 0.508 e. The van der Waals surface area contributed by atoms with E-state index in [1.165, 1.54) is 49.7 Å². The van der Waals surface area contributed by atoms with Crippen LogP contribution in [0.2, 0.25) is 0 Å². The minimum Gasteiger partial charge on any atom is -0.508 e. The molecule has 4 heteroatoms. The van der Waals surface area contributed by atoms with E-state index >= 15 is 0 Å². The van der Waals surface area contributed by atoms with Gasteiger partial charge in [-0.2, -0.15) is 0 Å². The highest BCUT2D eigenvalue weighted by molar-refractivity contribution is 5.87. The van der Waals surface area contributed by atoms with Gasteiger partial charge in [0, 0.05) is 18.3 Å². The van der Waals surface area contributed by atoms with E-state index in [1.54, 1.807) is 0 Å². The fourth-order valence-corrected chi connectivity index (χ4v) is 7.57. The van der Waals surface area contributed by atoms with E-state index in [1.807, 2.05) is 12.1 Å². The van der Waals surface area contributed by atoms with Gasteiger partial charge >= 0.3 is 5.97 Å². The van der Waals surface area contributed by atoms with Gasteiger partial charge < -0.3 is 10.2 Å². The minimum atomic E-state index is -0.682. The molecule has 2 fully saturated rings. The van der Waals surface area contributed by atoms with Gasteiger partial charge in [-0.15, -0.1) is 0 Å². The molecule has 0 aromatic heterocycles. The number of carboxylic acid groups (broad SMARTS) is 1. The number of rotatable bonds is 11. The summed E-state index contributed by atoms with van der Waals surface area (Å²) >= 11 is 0. The van der Waals surface area contributed by atoms with Gasteiger partial charge in [0.1, 0.15) is 11.5 Å². The normalized spacial score (nSPS) is 30.5. The number of benzene rings is 1. The average Bonchev–Trinajstić information content (AvgIpc) is 3.08. The lowest BCUT2D eigenvalue weighted by Gasteiger charge is -2.51. The topological polar surface area (TPSA) is 74.6 Å². The van der Waals surface area contributed by atoms with E-state index in [0.717, 1.165) is 51.4 Å². The van der Waals surface area contributed by atoms with Gasteiger partial charge in [0.2, 0.25) is 0 Å². The Morgan fingerprint density at radius 1 is 1.03 bits per heavy atom. The van der Waals surface area contributed by atoms with E-state index in [9.17, 15) is 14.7 Å². The van der Waals surface area contributed by atoms with Crippen LogP contribution in [-0.4, -0.2) is 22.0 Å². The molecule has 0 amide bonds. The van der Waals surface area contributed by atoms with Crippen LogP contribution < -0.4 is 0 Å². The van der Waals surface area contributed by atoms with E-state index in [4.69, 9.17) is 5.11 Å². The van der Waals surface area contributed by atoms with Crippen molar-refractivity contribution in [2.75, 3.05) is 0 Å². The fraction of sp³-hybridized carbons (Fsp3) is 0.724. The Hall–Kier alpha value is -1.84. The summed E-state index contributed by atoms with van der Waals surface area (Å²) in [5, 5.41) is 18.8. The monoisotopic (exact) mass is 454 g/mol. The molecule has 182 valence electrons. The van der Waals surface area contributed by atoms with Crippen molar-refractivity contribution in [1.29, 1.82) is 0 Å². The van der Waals surface area contributed by atoms with Gasteiger partial charge in [-0.25, -0.2) is 0 Å². The summed E-state index contributed by atoms with van der Waals surface area (Å²) in [6.07, 6.45) is 15.8. The molecule has 3 aliphatic carbocycles. The summed E-state index contributed by atoms with van der Waals surface area (Å²) in [6.45, 7) is 2.25. The predicted molar refractivity (Wildman–Crippen MR) is 130 cm³/mol. The number of phenolic OH excluding ortho intramolecular Hbond substituents is 1. The molecular weight excluding hydrogens is 412 g/mol. The second-order valence-corrected chi connectivity index (χ2v) is 11.3. The number of hydrogen-bond acceptors (Lipinski definition) is 3. The Morgan fingerprint density at radius 2 is 1.73 bits per heavy atom. The molecule has 0 aliphatic heterocycles. The number of aliphatic carboxylic acids is 1. The number of unbranched alkanes of at least 4 members (excludes halogenated alkanes) is 7. The van der Waals surface area contributed by atoms with Crippen LogP contribution >= 0.6 is 0 Å². The zero-order valence-electron chi connectivity index (χ0n) is 20.4. The smallest absolute Gasteiger partial charge is 0.303 e. The van der Waals surface area contributed by atoms with E-state index in [-0.39, 0.29) is 5.41 Å². The number of carboxylic acids is 1. The van der Waals surface area contributed by atoms with E-state index in [2.05, 4.69) is 13.0 Å². The molecule has 3 unspecified atom stereocenters. The van der Waals surface area contributed by atoms with Crippen LogP contribution in [0.4, 0.5) is 0 Å². The number of aromatic hydroxyl groups is 1. The van der Waals surface area contributed by atoms with Gasteiger partial charge in [0.05, 0.1) is 0 Å². The number of carbonyl (C=O) groups is 2. The maximum Gasteiger partial charge on any atom is 0.303 e. The second kappa shape index (κ2) is 10.6. The summed E-state index contributed by atoms with van der Waals surface area (Å²) in [5.74, 6) is 2.52. The quantitative estimate of drug-likeness (QED) is 0.352. The maximum atomic E-state index is 12.8. The predicted octanol–water partition coefficient (Wildman–Crippen LogP) is 7.03. The molecule has 1 aromatic carbocycles. The molecule has 0 saturated heterocycles. The summed E-state index contributed by atoms with van der Waals surface area (Å²) < 4.78 is 0. The molecular formula is C29H42O4. The highest BCUT2D eigenvalue weighted by atomic mass is 16.4. The maximum absolute atomic E-state index is 12.8. The van der Waals surface area contributed by atoms with E-state index in [0.29, 0.717) is 41.6 Å². The van der Waals surface area contributed by atoms with Crippen LogP contribution in [0.5, 0.6) is 5.75 Å². The third-order valence-electron chi connectivity index (χ3n) is 9.31. The van der Waals surface area contributed by atoms with Crippen molar-refractivity contribution >= 4 is 11.8 Å². The Morgan fingerprint density at radius 3 is 2.45 bits per heavy atom. The van der Waals surface area contributed by atoms with Crippen molar-refractivity contribution in [3.05, 3.63) is 29.3 Å². The summed E-state index contributed by atoms with van der Waals surface area (Å²) in [4.78, 5) is 23.4. The molecule has 0 bridgehead atoms. The van der Waals surface area contributed by atoms with Crippen molar-refractivity contribution in [3.8, 4) is 5.75 Å². The molecule has 0 spiro atoms. The fourth-order valence-electron chi connectivity index (χ4n) is 7.57. The molecule has 1 aromatic rings. The molecule has 3 aliphatic rings. The van der Waals surface area contributed by atoms with Crippen LogP contribution in [-0.2, 0) is 16.0 Å². The number of ketones is 1. The van der Waals surface area contributed by atoms with Crippen LogP contribution in [0.15, 0.2) is 18.2 Å². The SMILES string of the molecule is C[C@]12CCC3c4ccc(O)cc4C[C@@H](CCCCCCCCCCC(=O)O)C3C1CCC2=O. The van der Waals surface area contributed by atoms with Crippen molar-refractivity contribution < 1.29 is 19.8 Å². The van der Waals surface area contributed by atoms with Gasteiger partial charge in [-0.1, -0.05) is 57.9 Å². The summed E-state index contributed by atoms with van der Waals surface area (Å²) in [7, 11) is 0. The van der Waals surface area contributed by atoms with Gasteiger partial charge in [0.15, 0.2) is 0 Å². The standard InChI is InChI=1S/C29H42O4/c1-29-17-16-24-23-13-12-22(30)19-21(23)18-20(28(24)25(29)14-15-26(29)31)10-8-6-4-2-3-5-7-9-11-27(32)33/h12-13,19-20,24-25,28,30H,2-11,14-18H2,1H3,(H,32,33)/t20-,24?,25?,28?,29+/m1/s1. The highest BCUT2D eigenvalue weighted by Crippen LogP contribution is 2.61. The van der Waals surface area contributed by atoms with Crippen molar-refractivity contribution in [1.82, 2.24) is 0 Å². The highest BCUT2D eigenvalue weighted by Gasteiger charge is 2.56. The lowest BCUT2D eigenvalue weighted by Crippen LogP contribution is -2.46. The molecule has 33 heavy (non-hydrogen) atoms. The Labute approximate surface area is 199 Å². The third kappa shape index (κ3) is 5.30. The molecule has 5 atom stereocenters. The first-order valence-electron chi connectivity index (χ1n) is 13.5. The van der Waals surface area contributed by atoms with Crippen molar-refractivity contribution in [2.45, 2.75) is 109 Å². The lowest BCUT2D eigenvalue weighted by molar-refractivity contribution is -0.137. The van der Waals surface area contributed by atoms with Crippen LogP contribution in [0.25, 0.3) is 0 Å².